The second-order valence-electron chi connectivity index (χ2n) is 5.33. The molecule has 0 amide bonds. The van der Waals surface area contributed by atoms with Gasteiger partial charge in [-0.05, 0) is 52.1 Å². The van der Waals surface area contributed by atoms with Gasteiger partial charge in [-0.2, -0.15) is 0 Å². The van der Waals surface area contributed by atoms with Gasteiger partial charge in [0.05, 0.1) is 9.99 Å². The molecular weight excluding hydrogens is 327 g/mol. The van der Waals surface area contributed by atoms with E-state index >= 15 is 0 Å². The minimum atomic E-state index is -0.167. The van der Waals surface area contributed by atoms with E-state index in [9.17, 15) is 4.79 Å². The quantitative estimate of drug-likeness (QED) is 0.466. The first kappa shape index (κ1) is 14.5. The van der Waals surface area contributed by atoms with E-state index in [1.165, 1.54) is 5.56 Å². The van der Waals surface area contributed by atoms with Crippen LogP contribution in [-0.2, 0) is 11.2 Å². The van der Waals surface area contributed by atoms with Crippen molar-refractivity contribution >= 4 is 28.6 Å². The van der Waals surface area contributed by atoms with Gasteiger partial charge < -0.3 is 4.74 Å². The van der Waals surface area contributed by atoms with E-state index < -0.39 is 0 Å². The first-order chi connectivity index (χ1) is 7.81. The number of halogens is 1. The smallest absolute Gasteiger partial charge is 0.311 e. The Balaban J connectivity index is 2.72. The van der Waals surface area contributed by atoms with Crippen molar-refractivity contribution in [1.82, 2.24) is 0 Å². The van der Waals surface area contributed by atoms with Crippen molar-refractivity contribution in [3.05, 3.63) is 27.3 Å². The number of carbonyl (C=O) groups is 1. The van der Waals surface area contributed by atoms with Crippen molar-refractivity contribution in [2.75, 3.05) is 0 Å². The van der Waals surface area contributed by atoms with Crippen molar-refractivity contribution < 1.29 is 9.53 Å². The molecule has 0 spiro atoms. The Morgan fingerprint density at radius 1 is 1.35 bits per heavy atom. The third kappa shape index (κ3) is 5.06. The highest BCUT2D eigenvalue weighted by Crippen LogP contribution is 2.25. The summed E-state index contributed by atoms with van der Waals surface area (Å²) < 4.78 is 6.36. The minimum Gasteiger partial charge on any atom is -0.425 e. The van der Waals surface area contributed by atoms with Crippen molar-refractivity contribution in [2.45, 2.75) is 40.5 Å². The van der Waals surface area contributed by atoms with Gasteiger partial charge in [-0.1, -0.05) is 33.8 Å². The maximum Gasteiger partial charge on any atom is 0.311 e. The Hall–Kier alpha value is -0.580. The van der Waals surface area contributed by atoms with E-state index in [4.69, 9.17) is 4.74 Å². The third-order valence-electron chi connectivity index (χ3n) is 2.30. The van der Waals surface area contributed by atoms with E-state index in [0.29, 0.717) is 12.2 Å². The molecule has 17 heavy (non-hydrogen) atoms. The molecule has 0 radical (unpaired) electrons. The van der Waals surface area contributed by atoms with Crippen molar-refractivity contribution in [1.29, 1.82) is 0 Å². The van der Waals surface area contributed by atoms with E-state index in [0.717, 1.165) is 9.99 Å². The second-order valence-corrected chi connectivity index (χ2v) is 6.49. The number of carbonyl (C=O) groups excluding carboxylic acids is 1. The van der Waals surface area contributed by atoms with Crippen LogP contribution in [0.15, 0.2) is 18.2 Å². The lowest BCUT2D eigenvalue weighted by molar-refractivity contribution is -0.136. The van der Waals surface area contributed by atoms with E-state index in [1.54, 1.807) is 0 Å². The van der Waals surface area contributed by atoms with Crippen LogP contribution in [0, 0.1) is 8.99 Å². The van der Waals surface area contributed by atoms with Gasteiger partial charge in [0.2, 0.25) is 0 Å². The highest BCUT2D eigenvalue weighted by atomic mass is 127. The predicted octanol–water partition coefficient (Wildman–Crippen LogP) is 4.20. The third-order valence-corrected chi connectivity index (χ3v) is 3.15. The van der Waals surface area contributed by atoms with Crippen molar-refractivity contribution in [2.24, 2.45) is 5.41 Å². The summed E-state index contributed by atoms with van der Waals surface area (Å²) in [7, 11) is 0. The first-order valence-electron chi connectivity index (χ1n) is 5.81. The average Bonchev–Trinajstić information content (AvgIpc) is 2.18. The minimum absolute atomic E-state index is 0.0358. The zero-order valence-electron chi connectivity index (χ0n) is 10.8. The predicted molar refractivity (Wildman–Crippen MR) is 78.2 cm³/mol. The molecule has 0 aliphatic heterocycles. The fraction of sp³-hybridized carbons (Fsp3) is 0.500. The summed E-state index contributed by atoms with van der Waals surface area (Å²) in [4.78, 5) is 11.7. The molecule has 0 heterocycles. The number of hydrogen-bond acceptors (Lipinski definition) is 2. The molecular formula is C14H19IO2. The van der Waals surface area contributed by atoms with Crippen LogP contribution in [-0.4, -0.2) is 5.97 Å². The van der Waals surface area contributed by atoms with E-state index in [-0.39, 0.29) is 11.4 Å². The highest BCUT2D eigenvalue weighted by molar-refractivity contribution is 14.1. The van der Waals surface area contributed by atoms with Gasteiger partial charge in [0.25, 0.3) is 0 Å². The monoisotopic (exact) mass is 346 g/mol. The number of benzene rings is 1. The van der Waals surface area contributed by atoms with Crippen LogP contribution in [0.2, 0.25) is 0 Å². The lowest BCUT2D eigenvalue weighted by atomic mass is 9.92. The molecule has 1 aromatic carbocycles. The second kappa shape index (κ2) is 5.85. The normalized spacial score (nSPS) is 11.4. The molecule has 0 bridgehead atoms. The van der Waals surface area contributed by atoms with Crippen LogP contribution >= 0.6 is 22.6 Å². The zero-order valence-corrected chi connectivity index (χ0v) is 13.0. The molecule has 0 fully saturated rings. The summed E-state index contributed by atoms with van der Waals surface area (Å²) in [5.41, 5.74) is 1.22. The molecule has 2 nitrogen and oxygen atoms in total. The molecule has 1 aromatic rings. The summed E-state index contributed by atoms with van der Waals surface area (Å²) in [5.74, 6) is 0.497. The summed E-state index contributed by atoms with van der Waals surface area (Å²) in [6.07, 6.45) is 1.42. The first-order valence-corrected chi connectivity index (χ1v) is 6.89. The molecule has 0 unspecified atom stereocenters. The highest BCUT2D eigenvalue weighted by Gasteiger charge is 2.18. The topological polar surface area (TPSA) is 26.3 Å². The summed E-state index contributed by atoms with van der Waals surface area (Å²) in [5, 5.41) is 0. The van der Waals surface area contributed by atoms with E-state index in [1.807, 2.05) is 32.9 Å². The van der Waals surface area contributed by atoms with Crippen molar-refractivity contribution in [3.63, 3.8) is 0 Å². The largest absolute Gasteiger partial charge is 0.425 e. The van der Waals surface area contributed by atoms with Crippen LogP contribution in [0.1, 0.15) is 39.7 Å². The standard InChI is InChI=1S/C14H19IO2/c1-5-10-6-7-12(11(15)8-10)17-13(16)9-14(2,3)4/h6-8H,5,9H2,1-4H3. The number of hydrogen-bond donors (Lipinski definition) is 0. The Morgan fingerprint density at radius 2 is 2.00 bits per heavy atom. The van der Waals surface area contributed by atoms with Gasteiger partial charge in [0, 0.05) is 0 Å². The molecule has 0 aromatic heterocycles. The molecule has 0 aliphatic rings. The summed E-state index contributed by atoms with van der Waals surface area (Å²) in [6, 6.07) is 5.93. The Labute approximate surface area is 117 Å². The van der Waals surface area contributed by atoms with Gasteiger partial charge in [0.1, 0.15) is 5.75 Å². The Bertz CT molecular complexity index is 405. The molecule has 1 rings (SSSR count). The fourth-order valence-corrected chi connectivity index (χ4v) is 2.13. The molecule has 0 aliphatic carbocycles. The summed E-state index contributed by atoms with van der Waals surface area (Å²) in [6.45, 7) is 8.19. The van der Waals surface area contributed by atoms with Gasteiger partial charge in [-0.25, -0.2) is 0 Å². The van der Waals surface area contributed by atoms with Crippen LogP contribution in [0.25, 0.3) is 0 Å². The number of aryl methyl sites for hydroxylation is 1. The van der Waals surface area contributed by atoms with Gasteiger partial charge in [-0.15, -0.1) is 0 Å². The molecule has 0 atom stereocenters. The fourth-order valence-electron chi connectivity index (χ4n) is 1.44. The van der Waals surface area contributed by atoms with Gasteiger partial charge in [-0.3, -0.25) is 4.79 Å². The Morgan fingerprint density at radius 3 is 2.47 bits per heavy atom. The van der Waals surface area contributed by atoms with Crippen molar-refractivity contribution in [3.8, 4) is 5.75 Å². The summed E-state index contributed by atoms with van der Waals surface area (Å²) >= 11 is 2.20. The molecule has 0 saturated carbocycles. The Kier molecular flexibility index (Phi) is 4.98. The van der Waals surface area contributed by atoms with Crippen LogP contribution in [0.5, 0.6) is 5.75 Å². The maximum atomic E-state index is 11.7. The molecule has 0 saturated heterocycles. The SMILES string of the molecule is CCc1ccc(OC(=O)CC(C)(C)C)c(I)c1. The van der Waals surface area contributed by atoms with Gasteiger partial charge >= 0.3 is 5.97 Å². The number of ether oxygens (including phenoxy) is 1. The van der Waals surface area contributed by atoms with E-state index in [2.05, 4.69) is 35.6 Å². The van der Waals surface area contributed by atoms with Gasteiger partial charge in [0.15, 0.2) is 0 Å². The molecule has 94 valence electrons. The van der Waals surface area contributed by atoms with Crippen LogP contribution in [0.4, 0.5) is 0 Å². The van der Waals surface area contributed by atoms with Crippen LogP contribution in [0.3, 0.4) is 0 Å². The number of rotatable bonds is 3. The average molecular weight is 346 g/mol. The lowest BCUT2D eigenvalue weighted by Crippen LogP contribution is -2.18. The van der Waals surface area contributed by atoms with Crippen LogP contribution < -0.4 is 4.74 Å². The molecule has 0 N–H and O–H groups in total. The lowest BCUT2D eigenvalue weighted by Gasteiger charge is -2.17. The molecule has 3 heteroatoms. The zero-order chi connectivity index (χ0) is 13.1. The maximum absolute atomic E-state index is 11.7. The number of esters is 1.